The molecule has 3 N–H and O–H groups in total. The third kappa shape index (κ3) is 2.77. The van der Waals surface area contributed by atoms with Gasteiger partial charge >= 0.3 is 0 Å². The first kappa shape index (κ1) is 11.9. The molecule has 92 valence electrons. The van der Waals surface area contributed by atoms with E-state index in [1.54, 1.807) is 0 Å². The first-order valence-corrected chi connectivity index (χ1v) is 5.96. The molecule has 0 aromatic heterocycles. The molecular formula is C13H18N2O2. The van der Waals surface area contributed by atoms with Crippen molar-refractivity contribution in [3.8, 4) is 0 Å². The van der Waals surface area contributed by atoms with Gasteiger partial charge in [0.15, 0.2) is 0 Å². The number of nitrogens with one attached hydrogen (secondary N) is 2. The van der Waals surface area contributed by atoms with Gasteiger partial charge in [0.1, 0.15) is 0 Å². The molecule has 0 radical (unpaired) electrons. The van der Waals surface area contributed by atoms with Crippen molar-refractivity contribution < 1.29 is 9.90 Å². The summed E-state index contributed by atoms with van der Waals surface area (Å²) < 4.78 is 0. The number of hydrogen-bond acceptors (Lipinski definition) is 3. The summed E-state index contributed by atoms with van der Waals surface area (Å²) in [6, 6.07) is 5.72. The number of aliphatic hydroxyl groups excluding tert-OH is 1. The summed E-state index contributed by atoms with van der Waals surface area (Å²) in [5.74, 6) is 0.0232. The smallest absolute Gasteiger partial charge is 0.251 e. The monoisotopic (exact) mass is 234 g/mol. The fraction of sp³-hybridized carbons (Fsp3) is 0.462. The number of carbonyl (C=O) groups is 1. The van der Waals surface area contributed by atoms with E-state index in [4.69, 9.17) is 5.11 Å². The minimum absolute atomic E-state index is 0.0694. The van der Waals surface area contributed by atoms with Crippen LogP contribution in [0.2, 0.25) is 0 Å². The Morgan fingerprint density at radius 3 is 3.18 bits per heavy atom. The van der Waals surface area contributed by atoms with E-state index in [0.29, 0.717) is 12.1 Å². The van der Waals surface area contributed by atoms with Crippen LogP contribution in [0.4, 0.5) is 5.69 Å². The molecular weight excluding hydrogens is 216 g/mol. The molecule has 0 aliphatic carbocycles. The summed E-state index contributed by atoms with van der Waals surface area (Å²) in [5, 5.41) is 15.0. The predicted molar refractivity (Wildman–Crippen MR) is 67.2 cm³/mol. The highest BCUT2D eigenvalue weighted by Crippen LogP contribution is 2.22. The zero-order chi connectivity index (χ0) is 12.3. The van der Waals surface area contributed by atoms with Crippen molar-refractivity contribution in [1.82, 2.24) is 5.32 Å². The van der Waals surface area contributed by atoms with Gasteiger partial charge in [0.25, 0.3) is 5.91 Å². The van der Waals surface area contributed by atoms with E-state index in [9.17, 15) is 4.79 Å². The van der Waals surface area contributed by atoms with Crippen molar-refractivity contribution >= 4 is 11.6 Å². The summed E-state index contributed by atoms with van der Waals surface area (Å²) in [4.78, 5) is 11.9. The van der Waals surface area contributed by atoms with Crippen molar-refractivity contribution in [2.24, 2.45) is 5.92 Å². The van der Waals surface area contributed by atoms with Gasteiger partial charge in [-0.3, -0.25) is 4.79 Å². The van der Waals surface area contributed by atoms with Gasteiger partial charge in [0.2, 0.25) is 0 Å². The number of hydrogen-bond donors (Lipinski definition) is 3. The number of anilines is 1. The first-order chi connectivity index (χ1) is 8.20. The second-order valence-electron chi connectivity index (χ2n) is 4.55. The molecule has 1 aliphatic rings. The number of fused-ring (bicyclic) bond motifs is 1. The third-order valence-corrected chi connectivity index (χ3v) is 3.00. The third-order valence-electron chi connectivity index (χ3n) is 3.00. The van der Waals surface area contributed by atoms with Gasteiger partial charge in [-0.1, -0.05) is 6.92 Å². The quantitative estimate of drug-likeness (QED) is 0.728. The highest BCUT2D eigenvalue weighted by molar-refractivity contribution is 5.95. The van der Waals surface area contributed by atoms with E-state index in [2.05, 4.69) is 10.6 Å². The van der Waals surface area contributed by atoms with Gasteiger partial charge in [-0.15, -0.1) is 0 Å². The Labute approximate surface area is 101 Å². The molecule has 0 bridgehead atoms. The molecule has 1 atom stereocenters. The molecule has 0 fully saturated rings. The van der Waals surface area contributed by atoms with Gasteiger partial charge < -0.3 is 15.7 Å². The lowest BCUT2D eigenvalue weighted by atomic mass is 10.1. The summed E-state index contributed by atoms with van der Waals surface area (Å²) >= 11 is 0. The minimum Gasteiger partial charge on any atom is -0.396 e. The SMILES string of the molecule is CC(CO)CNC(=O)c1ccc2c(c1)CCN2. The topological polar surface area (TPSA) is 61.4 Å². The Morgan fingerprint density at radius 1 is 1.59 bits per heavy atom. The highest BCUT2D eigenvalue weighted by atomic mass is 16.3. The molecule has 1 heterocycles. The first-order valence-electron chi connectivity index (χ1n) is 5.96. The molecule has 2 rings (SSSR count). The second-order valence-corrected chi connectivity index (χ2v) is 4.55. The molecule has 1 aliphatic heterocycles. The average Bonchev–Trinajstić information content (AvgIpc) is 2.82. The number of amides is 1. The van der Waals surface area contributed by atoms with Crippen LogP contribution in [0.3, 0.4) is 0 Å². The maximum atomic E-state index is 11.9. The zero-order valence-corrected chi connectivity index (χ0v) is 9.99. The second kappa shape index (κ2) is 5.19. The maximum Gasteiger partial charge on any atom is 0.251 e. The summed E-state index contributed by atoms with van der Waals surface area (Å²) in [6.07, 6.45) is 0.976. The number of rotatable bonds is 4. The molecule has 1 aromatic carbocycles. The fourth-order valence-electron chi connectivity index (χ4n) is 1.88. The van der Waals surface area contributed by atoms with Crippen LogP contribution in [0, 0.1) is 5.92 Å². The van der Waals surface area contributed by atoms with E-state index < -0.39 is 0 Å². The van der Waals surface area contributed by atoms with Crippen molar-refractivity contribution in [3.63, 3.8) is 0 Å². The lowest BCUT2D eigenvalue weighted by molar-refractivity contribution is 0.0942. The van der Waals surface area contributed by atoms with E-state index in [1.807, 2.05) is 25.1 Å². The van der Waals surface area contributed by atoms with Crippen LogP contribution in [0.5, 0.6) is 0 Å². The Morgan fingerprint density at radius 2 is 2.41 bits per heavy atom. The fourth-order valence-corrected chi connectivity index (χ4v) is 1.88. The molecule has 4 heteroatoms. The van der Waals surface area contributed by atoms with Crippen molar-refractivity contribution in [3.05, 3.63) is 29.3 Å². The van der Waals surface area contributed by atoms with Crippen LogP contribution in [0.1, 0.15) is 22.8 Å². The van der Waals surface area contributed by atoms with Crippen LogP contribution >= 0.6 is 0 Å². The van der Waals surface area contributed by atoms with E-state index in [1.165, 1.54) is 5.56 Å². The summed E-state index contributed by atoms with van der Waals surface area (Å²) in [5.41, 5.74) is 3.02. The van der Waals surface area contributed by atoms with Crippen LogP contribution < -0.4 is 10.6 Å². The molecule has 17 heavy (non-hydrogen) atoms. The van der Waals surface area contributed by atoms with E-state index >= 15 is 0 Å². The van der Waals surface area contributed by atoms with Gasteiger partial charge in [-0.25, -0.2) is 0 Å². The molecule has 1 unspecified atom stereocenters. The standard InChI is InChI=1S/C13H18N2O2/c1-9(8-16)7-15-13(17)11-2-3-12-10(6-11)4-5-14-12/h2-3,6,9,14,16H,4-5,7-8H2,1H3,(H,15,17). The number of aliphatic hydroxyl groups is 1. The Hall–Kier alpha value is -1.55. The molecule has 0 saturated heterocycles. The van der Waals surface area contributed by atoms with Crippen LogP contribution in [-0.4, -0.2) is 30.7 Å². The predicted octanol–water partition coefficient (Wildman–Crippen LogP) is 1.01. The molecule has 4 nitrogen and oxygen atoms in total. The van der Waals surface area contributed by atoms with Crippen LogP contribution in [0.15, 0.2) is 18.2 Å². The normalized spacial score (nSPS) is 14.9. The van der Waals surface area contributed by atoms with Gasteiger partial charge in [0.05, 0.1) is 0 Å². The summed E-state index contributed by atoms with van der Waals surface area (Å²) in [6.45, 7) is 3.44. The minimum atomic E-state index is -0.0694. The van der Waals surface area contributed by atoms with E-state index in [-0.39, 0.29) is 18.4 Å². The molecule has 0 spiro atoms. The maximum absolute atomic E-state index is 11.9. The van der Waals surface area contributed by atoms with Gasteiger partial charge in [-0.05, 0) is 36.1 Å². The van der Waals surface area contributed by atoms with Gasteiger partial charge in [0, 0.05) is 30.9 Å². The van der Waals surface area contributed by atoms with Crippen molar-refractivity contribution in [1.29, 1.82) is 0 Å². The lowest BCUT2D eigenvalue weighted by Gasteiger charge is -2.10. The van der Waals surface area contributed by atoms with Crippen molar-refractivity contribution in [2.45, 2.75) is 13.3 Å². The van der Waals surface area contributed by atoms with Gasteiger partial charge in [-0.2, -0.15) is 0 Å². The zero-order valence-electron chi connectivity index (χ0n) is 9.99. The molecule has 1 aromatic rings. The highest BCUT2D eigenvalue weighted by Gasteiger charge is 2.13. The Kier molecular flexibility index (Phi) is 3.64. The Bertz CT molecular complexity index is 418. The molecule has 0 saturated carbocycles. The van der Waals surface area contributed by atoms with Crippen LogP contribution in [-0.2, 0) is 6.42 Å². The Balaban J connectivity index is 2.00. The van der Waals surface area contributed by atoms with Crippen molar-refractivity contribution in [2.75, 3.05) is 25.0 Å². The lowest BCUT2D eigenvalue weighted by Crippen LogP contribution is -2.29. The largest absolute Gasteiger partial charge is 0.396 e. The van der Waals surface area contributed by atoms with E-state index in [0.717, 1.165) is 18.7 Å². The van der Waals surface area contributed by atoms with Crippen LogP contribution in [0.25, 0.3) is 0 Å². The number of benzene rings is 1. The molecule has 1 amide bonds. The average molecular weight is 234 g/mol. The number of carbonyl (C=O) groups excluding carboxylic acids is 1. The summed E-state index contributed by atoms with van der Waals surface area (Å²) in [7, 11) is 0.